The highest BCUT2D eigenvalue weighted by molar-refractivity contribution is 14.1. The van der Waals surface area contributed by atoms with Gasteiger partial charge in [-0.2, -0.15) is 0 Å². The van der Waals surface area contributed by atoms with E-state index in [1.807, 2.05) is 212 Å². The summed E-state index contributed by atoms with van der Waals surface area (Å²) >= 11 is 2.34. The van der Waals surface area contributed by atoms with Crippen LogP contribution in [0.15, 0.2) is 261 Å². The monoisotopic (exact) mass is 1610 g/mol. The lowest BCUT2D eigenvalue weighted by molar-refractivity contribution is -0.143. The standard InChI is InChI=1S/C22H21O2P.C21H24O4.C17H18O3.C14H20O4.C14H12O3.C3H7I.H2/c1-2-24-22(23)18-25(19-12-6-3-7-13-19,20-14-8-4-9-15-20)21-16-10-5-11-17-21;1-4-23-21(22)13-11-18-10-12-19(14-20(18)25-16(2)3)24-15-17-8-6-5-7-9-17;1-13(2)20-17-10-16(9-8-15(17)11-18)19-12-14-6-4-3-5-7-14;1-4-17-14(16)8-6-11-5-7-12(15)9-13(11)18-10(2)3;15-9-12-6-7-13(8-14(12)16)17-10-11-4-2-1-3-5-11;1-3(2)4;/h3-18H,2H2,1H3;5-14,16H,4,15H2,1-3H3;3-11,13H,12H2,1-2H3;5,7,9-10,15H,4,6,8H2,1-3H3;1-9,16H,10H2;3H,1-2H3;1H/b;13-11+;;;;;. The van der Waals surface area contributed by atoms with Crippen LogP contribution in [0.25, 0.3) is 6.08 Å². The van der Waals surface area contributed by atoms with Gasteiger partial charge in [0, 0.05) is 53.5 Å². The fraction of sp³-hybridized carbons (Fsp3) is 0.253. The molecule has 0 saturated carbocycles. The summed E-state index contributed by atoms with van der Waals surface area (Å²) in [5, 5.41) is 22.3. The van der Waals surface area contributed by atoms with Gasteiger partial charge >= 0.3 is 17.9 Å². The number of hydrogen-bond donors (Lipinski definition) is 2. The van der Waals surface area contributed by atoms with Crippen LogP contribution in [0.2, 0.25) is 0 Å². The molecule has 0 saturated heterocycles. The lowest BCUT2D eigenvalue weighted by Crippen LogP contribution is -2.29. The predicted octanol–water partition coefficient (Wildman–Crippen LogP) is 19.4. The molecule has 16 nitrogen and oxygen atoms in total. The van der Waals surface area contributed by atoms with Gasteiger partial charge in [-0.1, -0.05) is 224 Å². The topological polar surface area (TPSA) is 209 Å². The second kappa shape index (κ2) is 49.9. The van der Waals surface area contributed by atoms with E-state index in [1.165, 1.54) is 18.2 Å². The Labute approximate surface area is 658 Å². The number of halogens is 1. The molecule has 0 aliphatic heterocycles. The molecule has 0 aliphatic rings. The molecular weight excluding hydrogens is 1510 g/mol. The number of aromatic hydroxyl groups is 2. The Bertz CT molecular complexity index is 4290. The number of esters is 3. The van der Waals surface area contributed by atoms with Gasteiger partial charge in [0.05, 0.1) is 49.3 Å². The zero-order chi connectivity index (χ0) is 79.2. The lowest BCUT2D eigenvalue weighted by atomic mass is 10.1. The van der Waals surface area contributed by atoms with Crippen LogP contribution in [0.4, 0.5) is 0 Å². The highest BCUT2D eigenvalue weighted by atomic mass is 127. The second-order valence-electron chi connectivity index (χ2n) is 25.0. The molecule has 2 N–H and O–H groups in total. The van der Waals surface area contributed by atoms with Crippen molar-refractivity contribution in [3.05, 3.63) is 300 Å². The van der Waals surface area contributed by atoms with Crippen molar-refractivity contribution in [2.24, 2.45) is 0 Å². The van der Waals surface area contributed by atoms with Crippen molar-refractivity contribution >= 4 is 87.7 Å². The number of phenols is 2. The molecule has 0 aromatic heterocycles. The van der Waals surface area contributed by atoms with Crippen molar-refractivity contribution in [2.75, 3.05) is 19.8 Å². The number of carbonyl (C=O) groups is 5. The number of benzene rings is 10. The van der Waals surface area contributed by atoms with Crippen LogP contribution in [0.5, 0.6) is 46.0 Å². The molecule has 576 valence electrons. The Morgan fingerprint density at radius 3 is 1.17 bits per heavy atom. The maximum absolute atomic E-state index is 12.5. The maximum atomic E-state index is 12.5. The smallest absolute Gasteiger partial charge is 0.331 e. The minimum atomic E-state index is -2.24. The van der Waals surface area contributed by atoms with Crippen LogP contribution < -0.4 is 44.3 Å². The van der Waals surface area contributed by atoms with Crippen molar-refractivity contribution in [1.82, 2.24) is 0 Å². The average molecular weight is 1610 g/mol. The second-order valence-corrected chi connectivity index (χ2v) is 30.7. The van der Waals surface area contributed by atoms with Gasteiger partial charge in [-0.05, 0) is 162 Å². The van der Waals surface area contributed by atoms with E-state index < -0.39 is 6.89 Å². The van der Waals surface area contributed by atoms with E-state index in [-0.39, 0.29) is 54.7 Å². The Hall–Kier alpha value is -10.9. The van der Waals surface area contributed by atoms with Crippen molar-refractivity contribution in [2.45, 2.75) is 131 Å². The minimum absolute atomic E-state index is 0. The van der Waals surface area contributed by atoms with Gasteiger partial charge in [0.25, 0.3) is 0 Å². The van der Waals surface area contributed by atoms with Gasteiger partial charge in [0.1, 0.15) is 65.8 Å². The fourth-order valence-corrected chi connectivity index (χ4v) is 13.7. The molecule has 10 aromatic rings. The van der Waals surface area contributed by atoms with Crippen molar-refractivity contribution in [3.63, 3.8) is 0 Å². The van der Waals surface area contributed by atoms with E-state index in [0.717, 1.165) is 53.9 Å². The molecule has 0 amide bonds. The zero-order valence-corrected chi connectivity index (χ0v) is 67.1. The zero-order valence-electron chi connectivity index (χ0n) is 64.0. The predicted molar refractivity (Wildman–Crippen MR) is 449 cm³/mol. The molecule has 0 atom stereocenters. The van der Waals surface area contributed by atoms with E-state index >= 15 is 0 Å². The largest absolute Gasteiger partial charge is 0.508 e. The highest BCUT2D eigenvalue weighted by Crippen LogP contribution is 2.44. The van der Waals surface area contributed by atoms with Crippen molar-refractivity contribution in [1.29, 1.82) is 0 Å². The molecular formula is C91H104IO16P. The summed E-state index contributed by atoms with van der Waals surface area (Å²) in [7, 11) is 0. The number of aldehydes is 2. The third-order valence-corrected chi connectivity index (χ3v) is 18.7. The summed E-state index contributed by atoms with van der Waals surface area (Å²) in [6.45, 7) is 21.6. The van der Waals surface area contributed by atoms with Gasteiger partial charge < -0.3 is 52.8 Å². The number of aryl methyl sites for hydroxylation is 1. The first-order valence-electron chi connectivity index (χ1n) is 36.2. The third kappa shape index (κ3) is 33.4. The summed E-state index contributed by atoms with van der Waals surface area (Å²) in [6.07, 6.45) is 5.39. The van der Waals surface area contributed by atoms with Crippen LogP contribution in [-0.2, 0) is 54.8 Å². The molecule has 0 unspecified atom stereocenters. The summed E-state index contributed by atoms with van der Waals surface area (Å²) < 4.78 is 50.0. The quantitative estimate of drug-likeness (QED) is 0.00849. The summed E-state index contributed by atoms with van der Waals surface area (Å²) in [5.74, 6) is 4.82. The van der Waals surface area contributed by atoms with Gasteiger partial charge in [-0.15, -0.1) is 0 Å². The number of alkyl halides is 1. The van der Waals surface area contributed by atoms with Gasteiger partial charge in [-0.3, -0.25) is 14.4 Å². The van der Waals surface area contributed by atoms with Gasteiger partial charge in [0.2, 0.25) is 0 Å². The summed E-state index contributed by atoms with van der Waals surface area (Å²) in [4.78, 5) is 56.8. The van der Waals surface area contributed by atoms with Gasteiger partial charge in [0.15, 0.2) is 12.6 Å². The average Bonchev–Trinajstić information content (AvgIpc) is 0.753. The van der Waals surface area contributed by atoms with Crippen LogP contribution >= 0.6 is 29.5 Å². The first-order valence-corrected chi connectivity index (χ1v) is 39.3. The van der Waals surface area contributed by atoms with Crippen molar-refractivity contribution in [3.8, 4) is 46.0 Å². The number of hydrogen-bond acceptors (Lipinski definition) is 16. The normalized spacial score (nSPS) is 10.5. The minimum Gasteiger partial charge on any atom is -0.508 e. The molecule has 0 fully saturated rings. The van der Waals surface area contributed by atoms with Crippen LogP contribution in [0.3, 0.4) is 0 Å². The number of rotatable bonds is 29. The number of carbonyl (C=O) groups excluding carboxylic acids is 5. The van der Waals surface area contributed by atoms with E-state index in [0.29, 0.717) is 98.8 Å². The fourth-order valence-electron chi connectivity index (χ4n) is 10.0. The summed E-state index contributed by atoms with van der Waals surface area (Å²) in [6, 6.07) is 80.7. The third-order valence-electron chi connectivity index (χ3n) is 14.8. The molecule has 18 heteroatoms. The van der Waals surface area contributed by atoms with Gasteiger partial charge in [-0.25, -0.2) is 9.59 Å². The SMILES string of the molecule is CC(C)I.CC(C)Oc1cc(OCc2ccccc2)ccc1C=O.CCOC(=O)/C=C/c1ccc(OCc2ccccc2)cc1OC(C)C.CCOC(=O)C=P(c1ccccc1)(c1ccccc1)c1ccccc1.CCOC(=O)CCc1ccc(O)cc1OC(C)C.O=Cc1ccc(OCc2ccccc2)cc1O.[HH]. The molecule has 0 bridgehead atoms. The van der Waals surface area contributed by atoms with E-state index in [1.54, 1.807) is 68.2 Å². The van der Waals surface area contributed by atoms with Crippen LogP contribution in [0, 0.1) is 0 Å². The van der Waals surface area contributed by atoms with E-state index in [2.05, 4.69) is 72.8 Å². The first-order chi connectivity index (χ1) is 52.6. The molecule has 0 heterocycles. The van der Waals surface area contributed by atoms with E-state index in [9.17, 15) is 34.2 Å². The Balaban J connectivity index is 0.000000288. The van der Waals surface area contributed by atoms with E-state index in [4.69, 9.17) is 42.6 Å². The molecule has 109 heavy (non-hydrogen) atoms. The molecule has 0 spiro atoms. The maximum Gasteiger partial charge on any atom is 0.331 e. The highest BCUT2D eigenvalue weighted by Gasteiger charge is 2.27. The lowest BCUT2D eigenvalue weighted by Gasteiger charge is -2.28. The molecule has 0 radical (unpaired) electrons. The molecule has 10 aromatic carbocycles. The number of ether oxygens (including phenoxy) is 9. The Morgan fingerprint density at radius 1 is 0.422 bits per heavy atom. The Kier molecular flexibility index (Phi) is 40.6. The summed E-state index contributed by atoms with van der Waals surface area (Å²) in [5.41, 5.74) is 5.73. The van der Waals surface area contributed by atoms with Crippen LogP contribution in [-0.4, -0.2) is 88.5 Å². The number of phenolic OH excluding ortho intramolecular Hbond substituents is 2. The first kappa shape index (κ1) is 88.7. The van der Waals surface area contributed by atoms with Crippen molar-refractivity contribution < 1.29 is 78.2 Å². The molecule has 10 rings (SSSR count). The van der Waals surface area contributed by atoms with Crippen LogP contribution in [0.1, 0.15) is 133 Å². The molecule has 0 aliphatic carbocycles. The Morgan fingerprint density at radius 2 is 0.780 bits per heavy atom.